The minimum atomic E-state index is -0.0401. The maximum atomic E-state index is 12.7. The van der Waals surface area contributed by atoms with E-state index in [4.69, 9.17) is 4.74 Å². The van der Waals surface area contributed by atoms with E-state index in [1.54, 1.807) is 7.11 Å². The van der Waals surface area contributed by atoms with Crippen LogP contribution < -0.4 is 15.4 Å². The van der Waals surface area contributed by atoms with Gasteiger partial charge in [-0.1, -0.05) is 0 Å². The van der Waals surface area contributed by atoms with Crippen molar-refractivity contribution < 1.29 is 14.3 Å². The molecule has 0 aliphatic carbocycles. The van der Waals surface area contributed by atoms with Crippen LogP contribution in [0.5, 0.6) is 5.75 Å². The van der Waals surface area contributed by atoms with Gasteiger partial charge >= 0.3 is 0 Å². The number of carbonyl (C=O) groups is 2. The van der Waals surface area contributed by atoms with E-state index in [1.165, 1.54) is 11.3 Å². The average molecular weight is 351 g/mol. The number of methoxy groups -OCH3 is 1. The Kier molecular flexibility index (Phi) is 5.73. The molecule has 7 heteroatoms. The Morgan fingerprint density at radius 1 is 1.42 bits per heavy atom. The van der Waals surface area contributed by atoms with E-state index in [0.717, 1.165) is 38.8 Å². The van der Waals surface area contributed by atoms with Crippen LogP contribution in [0.2, 0.25) is 0 Å². The van der Waals surface area contributed by atoms with Crippen LogP contribution in [-0.2, 0) is 4.79 Å². The van der Waals surface area contributed by atoms with E-state index in [9.17, 15) is 9.59 Å². The highest BCUT2D eigenvalue weighted by Gasteiger charge is 2.28. The summed E-state index contributed by atoms with van der Waals surface area (Å²) in [6.45, 7) is 3.03. The highest BCUT2D eigenvalue weighted by atomic mass is 32.1. The molecule has 24 heavy (non-hydrogen) atoms. The Hall–Kier alpha value is -1.60. The van der Waals surface area contributed by atoms with Crippen molar-refractivity contribution in [3.8, 4) is 5.75 Å². The molecule has 2 fully saturated rings. The summed E-state index contributed by atoms with van der Waals surface area (Å²) in [6.07, 6.45) is 4.00. The zero-order chi connectivity index (χ0) is 16.9. The zero-order valence-corrected chi connectivity index (χ0v) is 14.9. The van der Waals surface area contributed by atoms with E-state index >= 15 is 0 Å². The molecule has 6 nitrogen and oxygen atoms in total. The molecule has 1 aromatic rings. The van der Waals surface area contributed by atoms with E-state index in [2.05, 4.69) is 10.6 Å². The van der Waals surface area contributed by atoms with Gasteiger partial charge < -0.3 is 20.3 Å². The van der Waals surface area contributed by atoms with Crippen molar-refractivity contribution in [1.82, 2.24) is 15.5 Å². The maximum absolute atomic E-state index is 12.7. The average Bonchev–Trinajstić information content (AvgIpc) is 3.30. The topological polar surface area (TPSA) is 70.7 Å². The molecule has 0 aromatic carbocycles. The molecule has 2 N–H and O–H groups in total. The van der Waals surface area contributed by atoms with Crippen LogP contribution in [0.3, 0.4) is 0 Å². The van der Waals surface area contributed by atoms with Crippen molar-refractivity contribution in [1.29, 1.82) is 0 Å². The molecule has 2 unspecified atom stereocenters. The summed E-state index contributed by atoms with van der Waals surface area (Å²) in [5.41, 5.74) is 0. The number of amides is 2. The van der Waals surface area contributed by atoms with Gasteiger partial charge in [-0.2, -0.15) is 0 Å². The van der Waals surface area contributed by atoms with Gasteiger partial charge in [0.05, 0.1) is 13.2 Å². The summed E-state index contributed by atoms with van der Waals surface area (Å²) in [5.74, 6) is 1.10. The van der Waals surface area contributed by atoms with Gasteiger partial charge in [0.2, 0.25) is 5.91 Å². The van der Waals surface area contributed by atoms with Gasteiger partial charge in [-0.3, -0.25) is 9.59 Å². The second-order valence-electron chi connectivity index (χ2n) is 6.47. The SMILES string of the molecule is COc1ccsc1C(=O)N1CCCC(CNC(=O)C2CCCN2)C1. The Morgan fingerprint density at radius 3 is 3.04 bits per heavy atom. The number of hydrogen-bond acceptors (Lipinski definition) is 5. The first-order valence-corrected chi connectivity index (χ1v) is 9.49. The molecule has 2 saturated heterocycles. The van der Waals surface area contributed by atoms with Gasteiger partial charge in [0.15, 0.2) is 0 Å². The first kappa shape index (κ1) is 17.2. The van der Waals surface area contributed by atoms with E-state index in [0.29, 0.717) is 29.6 Å². The number of likely N-dealkylation sites (tertiary alicyclic amines) is 1. The fourth-order valence-corrected chi connectivity index (χ4v) is 4.28. The lowest BCUT2D eigenvalue weighted by Gasteiger charge is -2.33. The van der Waals surface area contributed by atoms with Crippen LogP contribution in [0, 0.1) is 5.92 Å². The largest absolute Gasteiger partial charge is 0.495 e. The smallest absolute Gasteiger partial charge is 0.267 e. The molecule has 3 rings (SSSR count). The van der Waals surface area contributed by atoms with E-state index in [-0.39, 0.29) is 17.9 Å². The van der Waals surface area contributed by atoms with Gasteiger partial charge in [-0.05, 0) is 49.6 Å². The molecule has 0 spiro atoms. The maximum Gasteiger partial charge on any atom is 0.267 e. The van der Waals surface area contributed by atoms with Crippen molar-refractivity contribution in [2.45, 2.75) is 31.7 Å². The molecule has 0 bridgehead atoms. The molecule has 3 heterocycles. The van der Waals surface area contributed by atoms with Crippen LogP contribution >= 0.6 is 11.3 Å². The molecule has 132 valence electrons. The van der Waals surface area contributed by atoms with Crippen molar-refractivity contribution >= 4 is 23.2 Å². The number of piperidine rings is 1. The predicted octanol–water partition coefficient (Wildman–Crippen LogP) is 1.48. The fourth-order valence-electron chi connectivity index (χ4n) is 3.45. The highest BCUT2D eigenvalue weighted by Crippen LogP contribution is 2.28. The Labute approximate surface area is 146 Å². The highest BCUT2D eigenvalue weighted by molar-refractivity contribution is 7.12. The third-order valence-corrected chi connectivity index (χ3v) is 5.67. The number of nitrogens with one attached hydrogen (secondary N) is 2. The molecular weight excluding hydrogens is 326 g/mol. The van der Waals surface area contributed by atoms with Crippen molar-refractivity contribution in [3.63, 3.8) is 0 Å². The molecule has 2 aliphatic rings. The Morgan fingerprint density at radius 2 is 2.29 bits per heavy atom. The summed E-state index contributed by atoms with van der Waals surface area (Å²) in [5, 5.41) is 8.14. The quantitative estimate of drug-likeness (QED) is 0.843. The molecule has 2 aliphatic heterocycles. The number of thiophene rings is 1. The van der Waals surface area contributed by atoms with Gasteiger partial charge in [-0.15, -0.1) is 11.3 Å². The number of ether oxygens (including phenoxy) is 1. The Bertz CT molecular complexity index is 583. The Balaban J connectivity index is 1.52. The lowest BCUT2D eigenvalue weighted by molar-refractivity contribution is -0.123. The van der Waals surface area contributed by atoms with Gasteiger partial charge in [0.25, 0.3) is 5.91 Å². The standard InChI is InChI=1S/C17H25N3O3S/c1-23-14-6-9-24-15(14)17(22)20-8-3-4-12(11-20)10-19-16(21)13-5-2-7-18-13/h6,9,12-13,18H,2-5,7-8,10-11H2,1H3,(H,19,21). The molecule has 0 radical (unpaired) electrons. The molecular formula is C17H25N3O3S. The van der Waals surface area contributed by atoms with Crippen LogP contribution in [0.1, 0.15) is 35.4 Å². The first-order chi connectivity index (χ1) is 11.7. The summed E-state index contributed by atoms with van der Waals surface area (Å²) in [4.78, 5) is 27.4. The van der Waals surface area contributed by atoms with Gasteiger partial charge in [-0.25, -0.2) is 0 Å². The second-order valence-corrected chi connectivity index (χ2v) is 7.39. The second kappa shape index (κ2) is 7.98. The summed E-state index contributed by atoms with van der Waals surface area (Å²) in [6, 6.07) is 1.79. The predicted molar refractivity (Wildman–Crippen MR) is 93.5 cm³/mol. The molecule has 2 amide bonds. The number of rotatable bonds is 5. The van der Waals surface area contributed by atoms with Gasteiger partial charge in [0.1, 0.15) is 10.6 Å². The van der Waals surface area contributed by atoms with Crippen molar-refractivity contribution in [2.24, 2.45) is 5.92 Å². The fraction of sp³-hybridized carbons (Fsp3) is 0.647. The van der Waals surface area contributed by atoms with Crippen molar-refractivity contribution in [3.05, 3.63) is 16.3 Å². The summed E-state index contributed by atoms with van der Waals surface area (Å²) in [7, 11) is 1.59. The van der Waals surface area contributed by atoms with Crippen molar-refractivity contribution in [2.75, 3.05) is 33.3 Å². The summed E-state index contributed by atoms with van der Waals surface area (Å²) < 4.78 is 5.26. The minimum Gasteiger partial charge on any atom is -0.495 e. The number of nitrogens with zero attached hydrogens (tertiary/aromatic N) is 1. The normalized spacial score (nSPS) is 24.0. The molecule has 0 saturated carbocycles. The third-order valence-electron chi connectivity index (χ3n) is 4.79. The van der Waals surface area contributed by atoms with Crippen LogP contribution in [0.15, 0.2) is 11.4 Å². The summed E-state index contributed by atoms with van der Waals surface area (Å²) >= 11 is 1.42. The zero-order valence-electron chi connectivity index (χ0n) is 14.0. The van der Waals surface area contributed by atoms with E-state index in [1.807, 2.05) is 16.3 Å². The van der Waals surface area contributed by atoms with Crippen LogP contribution in [0.4, 0.5) is 0 Å². The van der Waals surface area contributed by atoms with Gasteiger partial charge in [0, 0.05) is 19.6 Å². The van der Waals surface area contributed by atoms with Crippen LogP contribution in [0.25, 0.3) is 0 Å². The molecule has 1 aromatic heterocycles. The minimum absolute atomic E-state index is 0.0373. The third kappa shape index (κ3) is 3.89. The van der Waals surface area contributed by atoms with Crippen LogP contribution in [-0.4, -0.2) is 56.0 Å². The first-order valence-electron chi connectivity index (χ1n) is 8.61. The van der Waals surface area contributed by atoms with E-state index < -0.39 is 0 Å². The lowest BCUT2D eigenvalue weighted by Crippen LogP contribution is -2.46. The lowest BCUT2D eigenvalue weighted by atomic mass is 9.97. The number of carbonyl (C=O) groups excluding carboxylic acids is 2. The number of hydrogen-bond donors (Lipinski definition) is 2. The monoisotopic (exact) mass is 351 g/mol. The molecule has 2 atom stereocenters.